The number of hydrogen-bond acceptors (Lipinski definition) is 2. The molecular formula is C26H27FN2O. The fraction of sp³-hybridized carbons (Fsp3) is 0.346. The van der Waals surface area contributed by atoms with Gasteiger partial charge in [-0.25, -0.2) is 4.39 Å². The zero-order valence-electron chi connectivity index (χ0n) is 17.1. The monoisotopic (exact) mass is 402 g/mol. The van der Waals surface area contributed by atoms with Gasteiger partial charge in [-0.05, 0) is 60.6 Å². The topological polar surface area (TPSA) is 23.6 Å². The number of fused-ring (bicyclic) bond motifs is 1. The minimum atomic E-state index is -0.266. The number of halogens is 1. The first-order valence-electron chi connectivity index (χ1n) is 11.0. The van der Waals surface area contributed by atoms with Gasteiger partial charge in [0.1, 0.15) is 5.82 Å². The number of carbonyl (C=O) groups is 1. The summed E-state index contributed by atoms with van der Waals surface area (Å²) < 4.78 is 13.6. The Bertz CT molecular complexity index is 989. The van der Waals surface area contributed by atoms with Crippen molar-refractivity contribution in [1.29, 1.82) is 0 Å². The number of rotatable bonds is 4. The summed E-state index contributed by atoms with van der Waals surface area (Å²) in [7, 11) is 0. The fourth-order valence-electron chi connectivity index (χ4n) is 5.15. The van der Waals surface area contributed by atoms with Crippen LogP contribution in [-0.4, -0.2) is 34.8 Å². The lowest BCUT2D eigenvalue weighted by Crippen LogP contribution is -2.46. The van der Waals surface area contributed by atoms with Crippen molar-refractivity contribution in [2.24, 2.45) is 0 Å². The van der Waals surface area contributed by atoms with Crippen LogP contribution in [0.5, 0.6) is 0 Å². The Labute approximate surface area is 177 Å². The lowest BCUT2D eigenvalue weighted by molar-refractivity contribution is 0.0566. The number of hydrogen-bond donors (Lipinski definition) is 0. The molecule has 30 heavy (non-hydrogen) atoms. The molecule has 154 valence electrons. The molecule has 0 saturated carbocycles. The van der Waals surface area contributed by atoms with Crippen LogP contribution >= 0.6 is 0 Å². The van der Waals surface area contributed by atoms with Crippen molar-refractivity contribution in [1.82, 2.24) is 9.80 Å². The molecular weight excluding hydrogens is 375 g/mol. The second-order valence-electron chi connectivity index (χ2n) is 8.50. The molecule has 2 aromatic rings. The zero-order chi connectivity index (χ0) is 20.5. The van der Waals surface area contributed by atoms with Crippen molar-refractivity contribution in [3.63, 3.8) is 0 Å². The standard InChI is InChI=1S/C26H27FN2O/c27-22-11-12-24-21(17-22)18-29(26(24)30)23-13-15-28(16-14-23)25(19-7-3-1-4-8-19)20-9-5-2-6-10-20/h1,3-5,7-12,17,23,25H,2,6,13-16,18H2. The number of carbonyl (C=O) groups excluding carboxylic acids is 1. The molecule has 1 aliphatic carbocycles. The van der Waals surface area contributed by atoms with Crippen LogP contribution < -0.4 is 0 Å². The van der Waals surface area contributed by atoms with Gasteiger partial charge in [-0.2, -0.15) is 0 Å². The van der Waals surface area contributed by atoms with E-state index in [1.165, 1.54) is 23.3 Å². The Morgan fingerprint density at radius 1 is 1.00 bits per heavy atom. The van der Waals surface area contributed by atoms with Crippen LogP contribution in [0.25, 0.3) is 0 Å². The van der Waals surface area contributed by atoms with E-state index in [2.05, 4.69) is 53.5 Å². The molecule has 3 nitrogen and oxygen atoms in total. The third kappa shape index (κ3) is 3.61. The van der Waals surface area contributed by atoms with Crippen LogP contribution in [0.3, 0.4) is 0 Å². The van der Waals surface area contributed by atoms with Gasteiger partial charge in [0.25, 0.3) is 5.91 Å². The molecule has 0 spiro atoms. The summed E-state index contributed by atoms with van der Waals surface area (Å²) in [5, 5.41) is 0. The summed E-state index contributed by atoms with van der Waals surface area (Å²) in [6.07, 6.45) is 11.0. The average molecular weight is 403 g/mol. The van der Waals surface area contributed by atoms with Crippen LogP contribution in [-0.2, 0) is 6.54 Å². The number of benzene rings is 2. The SMILES string of the molecule is O=C1c2ccc(F)cc2CN1C1CCN(C(C2=CCCC=C2)c2ccccc2)CC1. The highest BCUT2D eigenvalue weighted by molar-refractivity contribution is 5.98. The minimum absolute atomic E-state index is 0.0565. The van der Waals surface area contributed by atoms with Gasteiger partial charge in [0.2, 0.25) is 0 Å². The van der Waals surface area contributed by atoms with Crippen LogP contribution in [0.4, 0.5) is 4.39 Å². The van der Waals surface area contributed by atoms with E-state index >= 15 is 0 Å². The van der Waals surface area contributed by atoms with E-state index in [4.69, 9.17) is 0 Å². The molecule has 4 heteroatoms. The van der Waals surface area contributed by atoms with Gasteiger partial charge in [0, 0.05) is 31.2 Å². The Balaban J connectivity index is 1.31. The molecule has 1 amide bonds. The molecule has 1 unspecified atom stereocenters. The van der Waals surface area contributed by atoms with E-state index in [-0.39, 0.29) is 23.8 Å². The summed E-state index contributed by atoms with van der Waals surface area (Å²) in [4.78, 5) is 17.4. The van der Waals surface area contributed by atoms with Gasteiger partial charge in [0.15, 0.2) is 0 Å². The smallest absolute Gasteiger partial charge is 0.254 e. The number of piperidine rings is 1. The lowest BCUT2D eigenvalue weighted by atomic mass is 9.90. The molecule has 5 rings (SSSR count). The van der Waals surface area contributed by atoms with Gasteiger partial charge in [0.05, 0.1) is 6.04 Å². The van der Waals surface area contributed by atoms with Gasteiger partial charge in [-0.15, -0.1) is 0 Å². The minimum Gasteiger partial charge on any atom is -0.331 e. The van der Waals surface area contributed by atoms with E-state index < -0.39 is 0 Å². The van der Waals surface area contributed by atoms with E-state index in [0.717, 1.165) is 44.3 Å². The predicted molar refractivity (Wildman–Crippen MR) is 117 cm³/mol. The molecule has 1 fully saturated rings. The third-order valence-electron chi connectivity index (χ3n) is 6.66. The molecule has 2 aliphatic heterocycles. The summed E-state index contributed by atoms with van der Waals surface area (Å²) >= 11 is 0. The van der Waals surface area contributed by atoms with Crippen LogP contribution in [0.1, 0.15) is 53.2 Å². The van der Waals surface area contributed by atoms with Gasteiger partial charge in [-0.1, -0.05) is 48.6 Å². The van der Waals surface area contributed by atoms with Crippen LogP contribution in [0.15, 0.2) is 72.3 Å². The van der Waals surface area contributed by atoms with Gasteiger partial charge >= 0.3 is 0 Å². The first-order valence-corrected chi connectivity index (χ1v) is 11.0. The highest BCUT2D eigenvalue weighted by Gasteiger charge is 2.36. The number of allylic oxidation sites excluding steroid dienone is 2. The molecule has 0 aromatic heterocycles. The molecule has 2 heterocycles. The summed E-state index contributed by atoms with van der Waals surface area (Å²) in [5.74, 6) is -0.210. The van der Waals surface area contributed by atoms with Crippen molar-refractivity contribution in [2.75, 3.05) is 13.1 Å². The van der Waals surface area contributed by atoms with Gasteiger partial charge < -0.3 is 4.90 Å². The fourth-order valence-corrected chi connectivity index (χ4v) is 5.15. The number of nitrogens with zero attached hydrogens (tertiary/aromatic N) is 2. The average Bonchev–Trinajstić information content (AvgIpc) is 3.11. The quantitative estimate of drug-likeness (QED) is 0.696. The Morgan fingerprint density at radius 3 is 2.53 bits per heavy atom. The molecule has 0 radical (unpaired) electrons. The highest BCUT2D eigenvalue weighted by atomic mass is 19.1. The van der Waals surface area contributed by atoms with E-state index in [1.807, 2.05) is 4.90 Å². The van der Waals surface area contributed by atoms with Crippen molar-refractivity contribution in [2.45, 2.75) is 44.3 Å². The molecule has 3 aliphatic rings. The maximum absolute atomic E-state index is 13.6. The molecule has 2 aromatic carbocycles. The largest absolute Gasteiger partial charge is 0.331 e. The first kappa shape index (κ1) is 19.3. The number of likely N-dealkylation sites (tertiary alicyclic amines) is 1. The predicted octanol–water partition coefficient (Wildman–Crippen LogP) is 5.26. The molecule has 0 N–H and O–H groups in total. The zero-order valence-corrected chi connectivity index (χ0v) is 17.1. The Hall–Kier alpha value is -2.72. The van der Waals surface area contributed by atoms with Crippen LogP contribution in [0, 0.1) is 5.82 Å². The van der Waals surface area contributed by atoms with Crippen molar-refractivity contribution >= 4 is 5.91 Å². The van der Waals surface area contributed by atoms with Crippen molar-refractivity contribution in [3.05, 3.63) is 94.8 Å². The van der Waals surface area contributed by atoms with E-state index in [9.17, 15) is 9.18 Å². The second-order valence-corrected chi connectivity index (χ2v) is 8.50. The normalized spacial score (nSPS) is 20.9. The summed E-state index contributed by atoms with van der Waals surface area (Å²) in [6, 6.07) is 15.7. The maximum Gasteiger partial charge on any atom is 0.254 e. The molecule has 0 bridgehead atoms. The van der Waals surface area contributed by atoms with Crippen LogP contribution in [0.2, 0.25) is 0 Å². The summed E-state index contributed by atoms with van der Waals surface area (Å²) in [6.45, 7) is 2.43. The molecule has 1 atom stereocenters. The maximum atomic E-state index is 13.6. The number of amides is 1. The molecule has 1 saturated heterocycles. The first-order chi connectivity index (χ1) is 14.7. The van der Waals surface area contributed by atoms with E-state index in [0.29, 0.717) is 12.1 Å². The Kier molecular flexibility index (Phi) is 5.26. The highest BCUT2D eigenvalue weighted by Crippen LogP contribution is 2.36. The second kappa shape index (κ2) is 8.19. The lowest BCUT2D eigenvalue weighted by Gasteiger charge is -2.41. The van der Waals surface area contributed by atoms with Crippen molar-refractivity contribution in [3.8, 4) is 0 Å². The summed E-state index contributed by atoms with van der Waals surface area (Å²) in [5.41, 5.74) is 4.19. The third-order valence-corrected chi connectivity index (χ3v) is 6.66. The Morgan fingerprint density at radius 2 is 1.80 bits per heavy atom. The van der Waals surface area contributed by atoms with E-state index in [1.54, 1.807) is 6.07 Å². The van der Waals surface area contributed by atoms with Crippen molar-refractivity contribution < 1.29 is 9.18 Å². The van der Waals surface area contributed by atoms with Gasteiger partial charge in [-0.3, -0.25) is 9.69 Å².